The van der Waals surface area contributed by atoms with Gasteiger partial charge in [-0.3, -0.25) is 19.9 Å². The second-order valence-electron chi connectivity index (χ2n) is 6.15. The van der Waals surface area contributed by atoms with Gasteiger partial charge in [-0.1, -0.05) is 42.1 Å². The lowest BCUT2D eigenvalue weighted by Gasteiger charge is -2.11. The summed E-state index contributed by atoms with van der Waals surface area (Å²) in [7, 11) is 0. The molecule has 4 rings (SSSR count). The average Bonchev–Trinajstić information content (AvgIpc) is 2.74. The largest absolute Gasteiger partial charge is 0.321 e. The molecule has 0 atom stereocenters. The number of carbonyl (C=O) groups is 1. The number of anilines is 1. The molecule has 0 aliphatic rings. The van der Waals surface area contributed by atoms with E-state index in [-0.39, 0.29) is 11.6 Å². The summed E-state index contributed by atoms with van der Waals surface area (Å²) < 4.78 is 0. The number of nitrogens with one attached hydrogen (secondary N) is 1. The molecule has 0 saturated carbocycles. The summed E-state index contributed by atoms with van der Waals surface area (Å²) in [6, 6.07) is 22.8. The van der Waals surface area contributed by atoms with Crippen LogP contribution in [0.25, 0.3) is 10.9 Å². The van der Waals surface area contributed by atoms with Crippen molar-refractivity contribution < 1.29 is 9.72 Å². The van der Waals surface area contributed by atoms with Gasteiger partial charge in [0.2, 0.25) is 0 Å². The second kappa shape index (κ2) is 8.12. The van der Waals surface area contributed by atoms with Gasteiger partial charge in [-0.05, 0) is 42.5 Å². The topological polar surface area (TPSA) is 85.1 Å². The standard InChI is InChI=1S/C22H15N3O3S/c26-22(24-18-10-5-9-17-15(18)8-6-14-23-17)16-7-1-3-12-20(16)29-21-13-4-2-11-19(21)25(27)28/h1-14H,(H,24,26). The van der Waals surface area contributed by atoms with Gasteiger partial charge in [0.1, 0.15) is 0 Å². The molecule has 0 unspecified atom stereocenters. The van der Waals surface area contributed by atoms with Crippen molar-refractivity contribution in [3.63, 3.8) is 0 Å². The summed E-state index contributed by atoms with van der Waals surface area (Å²) in [5, 5.41) is 15.1. The molecule has 142 valence electrons. The van der Waals surface area contributed by atoms with Crippen molar-refractivity contribution in [2.45, 2.75) is 9.79 Å². The third-order valence-corrected chi connectivity index (χ3v) is 5.45. The highest BCUT2D eigenvalue weighted by Crippen LogP contribution is 2.36. The van der Waals surface area contributed by atoms with Crippen molar-refractivity contribution >= 4 is 39.9 Å². The first-order valence-electron chi connectivity index (χ1n) is 8.79. The highest BCUT2D eigenvalue weighted by Gasteiger charge is 2.18. The summed E-state index contributed by atoms with van der Waals surface area (Å²) in [4.78, 5) is 29.3. The van der Waals surface area contributed by atoms with Gasteiger partial charge in [0.25, 0.3) is 11.6 Å². The fraction of sp³-hybridized carbons (Fsp3) is 0. The van der Waals surface area contributed by atoms with E-state index in [1.165, 1.54) is 17.8 Å². The normalized spacial score (nSPS) is 10.6. The first-order valence-corrected chi connectivity index (χ1v) is 9.60. The maximum Gasteiger partial charge on any atom is 0.283 e. The molecule has 0 bridgehead atoms. The van der Waals surface area contributed by atoms with E-state index in [0.29, 0.717) is 21.0 Å². The minimum absolute atomic E-state index is 0.00726. The predicted molar refractivity (Wildman–Crippen MR) is 113 cm³/mol. The van der Waals surface area contributed by atoms with Crippen LogP contribution in [0.3, 0.4) is 0 Å². The number of amides is 1. The van der Waals surface area contributed by atoms with Gasteiger partial charge < -0.3 is 5.32 Å². The lowest BCUT2D eigenvalue weighted by atomic mass is 10.1. The van der Waals surface area contributed by atoms with Crippen LogP contribution in [0.1, 0.15) is 10.4 Å². The summed E-state index contributed by atoms with van der Waals surface area (Å²) >= 11 is 1.20. The van der Waals surface area contributed by atoms with Crippen LogP contribution in [-0.2, 0) is 0 Å². The van der Waals surface area contributed by atoms with Gasteiger partial charge in [0, 0.05) is 22.5 Å². The van der Waals surface area contributed by atoms with Gasteiger partial charge in [0.05, 0.1) is 26.6 Å². The number of rotatable bonds is 5. The zero-order valence-electron chi connectivity index (χ0n) is 15.1. The SMILES string of the molecule is O=C(Nc1cccc2ncccc12)c1ccccc1Sc1ccccc1[N+](=O)[O-]. The molecule has 0 aliphatic carbocycles. The van der Waals surface area contributed by atoms with Crippen LogP contribution in [0, 0.1) is 10.1 Å². The van der Waals surface area contributed by atoms with E-state index in [1.807, 2.05) is 30.3 Å². The van der Waals surface area contributed by atoms with E-state index in [2.05, 4.69) is 10.3 Å². The lowest BCUT2D eigenvalue weighted by molar-refractivity contribution is -0.387. The second-order valence-corrected chi connectivity index (χ2v) is 7.24. The molecule has 0 spiro atoms. The summed E-state index contributed by atoms with van der Waals surface area (Å²) in [5.41, 5.74) is 1.89. The van der Waals surface area contributed by atoms with Gasteiger partial charge >= 0.3 is 0 Å². The number of pyridine rings is 1. The fourth-order valence-electron chi connectivity index (χ4n) is 2.96. The Morgan fingerprint density at radius 2 is 1.66 bits per heavy atom. The number of hydrogen-bond donors (Lipinski definition) is 1. The van der Waals surface area contributed by atoms with E-state index in [9.17, 15) is 14.9 Å². The minimum Gasteiger partial charge on any atom is -0.321 e. The van der Waals surface area contributed by atoms with E-state index >= 15 is 0 Å². The molecular formula is C22H15N3O3S. The molecule has 1 amide bonds. The Labute approximate surface area is 170 Å². The first-order chi connectivity index (χ1) is 14.1. The van der Waals surface area contributed by atoms with E-state index in [4.69, 9.17) is 0 Å². The number of nitrogens with zero attached hydrogens (tertiary/aromatic N) is 2. The molecule has 3 aromatic carbocycles. The quantitative estimate of drug-likeness (QED) is 0.350. The van der Waals surface area contributed by atoms with Crippen molar-refractivity contribution in [1.82, 2.24) is 4.98 Å². The molecular weight excluding hydrogens is 386 g/mol. The Bertz CT molecular complexity index is 1220. The molecule has 0 radical (unpaired) electrons. The van der Waals surface area contributed by atoms with Crippen LogP contribution in [0.5, 0.6) is 0 Å². The van der Waals surface area contributed by atoms with E-state index in [1.54, 1.807) is 48.7 Å². The Hall–Kier alpha value is -3.71. The first kappa shape index (κ1) is 18.6. The fourth-order valence-corrected chi connectivity index (χ4v) is 4.01. The van der Waals surface area contributed by atoms with E-state index in [0.717, 1.165) is 10.9 Å². The number of para-hydroxylation sites is 1. The van der Waals surface area contributed by atoms with Crippen LogP contribution in [0.2, 0.25) is 0 Å². The van der Waals surface area contributed by atoms with Gasteiger partial charge in [0.15, 0.2) is 0 Å². The third kappa shape index (κ3) is 3.95. The zero-order chi connectivity index (χ0) is 20.2. The number of carbonyl (C=O) groups excluding carboxylic acids is 1. The smallest absolute Gasteiger partial charge is 0.283 e. The van der Waals surface area contributed by atoms with Crippen LogP contribution in [0.4, 0.5) is 11.4 Å². The Morgan fingerprint density at radius 1 is 0.897 bits per heavy atom. The molecule has 4 aromatic rings. The number of fused-ring (bicyclic) bond motifs is 1. The number of nitro groups is 1. The number of benzene rings is 3. The molecule has 0 fully saturated rings. The molecule has 1 heterocycles. The minimum atomic E-state index is -0.422. The number of hydrogen-bond acceptors (Lipinski definition) is 5. The maximum absolute atomic E-state index is 13.0. The van der Waals surface area contributed by atoms with Gasteiger partial charge in [-0.2, -0.15) is 0 Å². The predicted octanol–water partition coefficient (Wildman–Crippen LogP) is 5.55. The van der Waals surface area contributed by atoms with Crippen molar-refractivity contribution in [2.24, 2.45) is 0 Å². The van der Waals surface area contributed by atoms with Crippen LogP contribution in [-0.4, -0.2) is 15.8 Å². The highest BCUT2D eigenvalue weighted by molar-refractivity contribution is 7.99. The van der Waals surface area contributed by atoms with Crippen LogP contribution < -0.4 is 5.32 Å². The zero-order valence-corrected chi connectivity index (χ0v) is 15.9. The molecule has 0 aliphatic heterocycles. The van der Waals surface area contributed by atoms with Gasteiger partial charge in [-0.15, -0.1) is 0 Å². The maximum atomic E-state index is 13.0. The van der Waals surface area contributed by atoms with Crippen LogP contribution in [0.15, 0.2) is 94.9 Å². The molecule has 7 heteroatoms. The molecule has 0 saturated heterocycles. The lowest BCUT2D eigenvalue weighted by Crippen LogP contribution is -2.13. The Morgan fingerprint density at radius 3 is 2.48 bits per heavy atom. The molecule has 1 N–H and O–H groups in total. The third-order valence-electron chi connectivity index (χ3n) is 4.31. The Kier molecular flexibility index (Phi) is 5.22. The number of aromatic nitrogens is 1. The van der Waals surface area contributed by atoms with Crippen molar-refractivity contribution in [3.05, 3.63) is 101 Å². The summed E-state index contributed by atoms with van der Waals surface area (Å²) in [6.07, 6.45) is 1.70. The van der Waals surface area contributed by atoms with Crippen molar-refractivity contribution in [3.8, 4) is 0 Å². The van der Waals surface area contributed by atoms with Crippen molar-refractivity contribution in [2.75, 3.05) is 5.32 Å². The highest BCUT2D eigenvalue weighted by atomic mass is 32.2. The van der Waals surface area contributed by atoms with Crippen LogP contribution >= 0.6 is 11.8 Å². The van der Waals surface area contributed by atoms with Crippen molar-refractivity contribution in [1.29, 1.82) is 0 Å². The number of nitro benzene ring substituents is 1. The monoisotopic (exact) mass is 401 g/mol. The summed E-state index contributed by atoms with van der Waals surface area (Å²) in [6.45, 7) is 0. The van der Waals surface area contributed by atoms with E-state index < -0.39 is 4.92 Å². The molecule has 29 heavy (non-hydrogen) atoms. The summed E-state index contributed by atoms with van der Waals surface area (Å²) in [5.74, 6) is -0.289. The Balaban J connectivity index is 1.66. The molecule has 1 aromatic heterocycles. The van der Waals surface area contributed by atoms with Gasteiger partial charge in [-0.25, -0.2) is 0 Å². The average molecular weight is 401 g/mol. The molecule has 6 nitrogen and oxygen atoms in total.